The molecule has 90 valence electrons. The highest BCUT2D eigenvalue weighted by molar-refractivity contribution is 5.78. The number of hydrogen-bond donors (Lipinski definition) is 1. The number of anilines is 1. The van der Waals surface area contributed by atoms with Gasteiger partial charge in [0.25, 0.3) is 5.69 Å². The van der Waals surface area contributed by atoms with Gasteiger partial charge in [0.15, 0.2) is 0 Å². The molecule has 2 aromatic carbocycles. The minimum absolute atomic E-state index is 0.0863. The van der Waals surface area contributed by atoms with E-state index in [0.29, 0.717) is 11.3 Å². The molecular weight excluding hydrogens is 228 g/mol. The van der Waals surface area contributed by atoms with Crippen LogP contribution in [-0.2, 0) is 0 Å². The van der Waals surface area contributed by atoms with Gasteiger partial charge in [0.05, 0.1) is 10.5 Å². The number of nitro benzene ring substituents is 1. The number of para-hydroxylation sites is 2. The highest BCUT2D eigenvalue weighted by Crippen LogP contribution is 2.21. The van der Waals surface area contributed by atoms with E-state index < -0.39 is 4.92 Å². The maximum atomic E-state index is 10.8. The molecule has 0 aliphatic rings. The van der Waals surface area contributed by atoms with Crippen LogP contribution in [0.15, 0.2) is 48.5 Å². The van der Waals surface area contributed by atoms with Crippen LogP contribution in [0.5, 0.6) is 0 Å². The Bertz CT molecular complexity index is 606. The second-order valence-electron chi connectivity index (χ2n) is 3.78. The van der Waals surface area contributed by atoms with Gasteiger partial charge < -0.3 is 5.73 Å². The molecular formula is C14H12N2O2. The van der Waals surface area contributed by atoms with Gasteiger partial charge in [-0.2, -0.15) is 0 Å². The van der Waals surface area contributed by atoms with Crippen molar-refractivity contribution in [2.24, 2.45) is 0 Å². The van der Waals surface area contributed by atoms with Crippen LogP contribution in [0.25, 0.3) is 12.2 Å². The Hall–Kier alpha value is -2.62. The molecule has 4 heteroatoms. The molecule has 2 rings (SSSR count). The van der Waals surface area contributed by atoms with Crippen molar-refractivity contribution in [2.75, 3.05) is 5.73 Å². The first kappa shape index (κ1) is 11.9. The van der Waals surface area contributed by atoms with E-state index in [9.17, 15) is 10.1 Å². The molecule has 0 aliphatic carbocycles. The van der Waals surface area contributed by atoms with E-state index in [-0.39, 0.29) is 5.69 Å². The Morgan fingerprint density at radius 2 is 1.50 bits per heavy atom. The summed E-state index contributed by atoms with van der Waals surface area (Å²) in [7, 11) is 0. The molecule has 0 amide bonds. The topological polar surface area (TPSA) is 69.2 Å². The second-order valence-corrected chi connectivity index (χ2v) is 3.78. The average Bonchev–Trinajstić information content (AvgIpc) is 2.38. The number of benzene rings is 2. The van der Waals surface area contributed by atoms with E-state index in [2.05, 4.69) is 0 Å². The van der Waals surface area contributed by atoms with Gasteiger partial charge in [-0.25, -0.2) is 0 Å². The fraction of sp³-hybridized carbons (Fsp3) is 0. The molecule has 0 atom stereocenters. The summed E-state index contributed by atoms with van der Waals surface area (Å²) in [5.41, 5.74) is 7.93. The monoisotopic (exact) mass is 240 g/mol. The van der Waals surface area contributed by atoms with E-state index >= 15 is 0 Å². The number of nitrogens with two attached hydrogens (primary N) is 1. The Morgan fingerprint density at radius 1 is 0.944 bits per heavy atom. The van der Waals surface area contributed by atoms with Gasteiger partial charge in [-0.15, -0.1) is 0 Å². The molecule has 0 aromatic heterocycles. The van der Waals surface area contributed by atoms with Crippen molar-refractivity contribution in [1.82, 2.24) is 0 Å². The van der Waals surface area contributed by atoms with Crippen LogP contribution >= 0.6 is 0 Å². The van der Waals surface area contributed by atoms with Crippen molar-refractivity contribution in [3.8, 4) is 0 Å². The van der Waals surface area contributed by atoms with Crippen LogP contribution in [0, 0.1) is 10.1 Å². The lowest BCUT2D eigenvalue weighted by Crippen LogP contribution is -1.91. The Morgan fingerprint density at radius 3 is 2.17 bits per heavy atom. The molecule has 0 bridgehead atoms. The summed E-state index contributed by atoms with van der Waals surface area (Å²) >= 11 is 0. The normalized spacial score (nSPS) is 10.7. The summed E-state index contributed by atoms with van der Waals surface area (Å²) in [4.78, 5) is 10.5. The van der Waals surface area contributed by atoms with E-state index in [4.69, 9.17) is 5.73 Å². The Balaban J connectivity index is 2.35. The first-order chi connectivity index (χ1) is 8.68. The minimum Gasteiger partial charge on any atom is -0.398 e. The molecule has 2 N–H and O–H groups in total. The SMILES string of the molecule is Nc1ccccc1/C=C/c1ccccc1[N+](=O)[O-]. The highest BCUT2D eigenvalue weighted by atomic mass is 16.6. The fourth-order valence-electron chi connectivity index (χ4n) is 1.64. The van der Waals surface area contributed by atoms with Gasteiger partial charge in [0.1, 0.15) is 0 Å². The van der Waals surface area contributed by atoms with Crippen molar-refractivity contribution in [2.45, 2.75) is 0 Å². The molecule has 2 aromatic rings. The maximum Gasteiger partial charge on any atom is 0.276 e. The van der Waals surface area contributed by atoms with Crippen molar-refractivity contribution in [3.63, 3.8) is 0 Å². The molecule has 0 saturated heterocycles. The number of nitro groups is 1. The van der Waals surface area contributed by atoms with Crippen molar-refractivity contribution in [3.05, 3.63) is 69.8 Å². The standard InChI is InChI=1S/C14H12N2O2/c15-13-7-3-1-5-11(13)9-10-12-6-2-4-8-14(12)16(17)18/h1-10H,15H2/b10-9+. The van der Waals surface area contributed by atoms with Crippen LogP contribution < -0.4 is 5.73 Å². The number of nitrogens with zero attached hydrogens (tertiary/aromatic N) is 1. The van der Waals surface area contributed by atoms with E-state index in [0.717, 1.165) is 5.56 Å². The van der Waals surface area contributed by atoms with Gasteiger partial charge in [0.2, 0.25) is 0 Å². The quantitative estimate of drug-likeness (QED) is 0.387. The molecule has 0 aliphatic heterocycles. The summed E-state index contributed by atoms with van der Waals surface area (Å²) in [6, 6.07) is 14.0. The third-order valence-electron chi connectivity index (χ3n) is 2.57. The zero-order valence-corrected chi connectivity index (χ0v) is 9.61. The molecule has 0 heterocycles. The first-order valence-electron chi connectivity index (χ1n) is 5.44. The van der Waals surface area contributed by atoms with Crippen LogP contribution in [0.1, 0.15) is 11.1 Å². The molecule has 18 heavy (non-hydrogen) atoms. The Kier molecular flexibility index (Phi) is 3.38. The maximum absolute atomic E-state index is 10.8. The third kappa shape index (κ3) is 2.55. The summed E-state index contributed by atoms with van der Waals surface area (Å²) in [6.07, 6.45) is 3.47. The number of hydrogen-bond acceptors (Lipinski definition) is 3. The zero-order valence-electron chi connectivity index (χ0n) is 9.61. The summed E-state index contributed by atoms with van der Waals surface area (Å²) in [6.45, 7) is 0. The largest absolute Gasteiger partial charge is 0.398 e. The second kappa shape index (κ2) is 5.14. The van der Waals surface area contributed by atoms with Crippen LogP contribution in [0.2, 0.25) is 0 Å². The van der Waals surface area contributed by atoms with Gasteiger partial charge >= 0.3 is 0 Å². The predicted octanol–water partition coefficient (Wildman–Crippen LogP) is 3.35. The number of rotatable bonds is 3. The van der Waals surface area contributed by atoms with Crippen molar-refractivity contribution >= 4 is 23.5 Å². The van der Waals surface area contributed by atoms with Gasteiger partial charge in [-0.3, -0.25) is 10.1 Å². The summed E-state index contributed by atoms with van der Waals surface area (Å²) in [5, 5.41) is 10.8. The molecule has 0 fully saturated rings. The van der Waals surface area contributed by atoms with Crippen LogP contribution in [0.3, 0.4) is 0 Å². The smallest absolute Gasteiger partial charge is 0.276 e. The van der Waals surface area contributed by atoms with Crippen LogP contribution in [-0.4, -0.2) is 4.92 Å². The summed E-state index contributed by atoms with van der Waals surface area (Å²) < 4.78 is 0. The highest BCUT2D eigenvalue weighted by Gasteiger charge is 2.09. The van der Waals surface area contributed by atoms with Crippen molar-refractivity contribution < 1.29 is 4.92 Å². The van der Waals surface area contributed by atoms with Gasteiger partial charge in [-0.05, 0) is 23.8 Å². The minimum atomic E-state index is -0.395. The zero-order chi connectivity index (χ0) is 13.0. The lowest BCUT2D eigenvalue weighted by Gasteiger charge is -1.99. The van der Waals surface area contributed by atoms with Crippen molar-refractivity contribution in [1.29, 1.82) is 0 Å². The van der Waals surface area contributed by atoms with E-state index in [1.54, 1.807) is 36.4 Å². The fourth-order valence-corrected chi connectivity index (χ4v) is 1.64. The molecule has 0 radical (unpaired) electrons. The van der Waals surface area contributed by atoms with Gasteiger partial charge in [0, 0.05) is 11.8 Å². The van der Waals surface area contributed by atoms with Gasteiger partial charge in [-0.1, -0.05) is 36.4 Å². The summed E-state index contributed by atoms with van der Waals surface area (Å²) in [5.74, 6) is 0. The van der Waals surface area contributed by atoms with E-state index in [1.165, 1.54) is 6.07 Å². The predicted molar refractivity (Wildman–Crippen MR) is 72.9 cm³/mol. The Labute approximate surface area is 105 Å². The molecule has 0 spiro atoms. The molecule has 0 saturated carbocycles. The number of nitrogen functional groups attached to an aromatic ring is 1. The average molecular weight is 240 g/mol. The van der Waals surface area contributed by atoms with E-state index in [1.807, 2.05) is 18.2 Å². The first-order valence-corrected chi connectivity index (χ1v) is 5.44. The lowest BCUT2D eigenvalue weighted by molar-refractivity contribution is -0.385. The molecule has 0 unspecified atom stereocenters. The molecule has 4 nitrogen and oxygen atoms in total. The van der Waals surface area contributed by atoms with Crippen LogP contribution in [0.4, 0.5) is 11.4 Å². The lowest BCUT2D eigenvalue weighted by atomic mass is 10.1. The third-order valence-corrected chi connectivity index (χ3v) is 2.57.